The Morgan fingerprint density at radius 2 is 1.89 bits per heavy atom. The summed E-state index contributed by atoms with van der Waals surface area (Å²) in [5, 5.41) is 1.54. The molecule has 0 saturated carbocycles. The number of esters is 1. The molecule has 3 nitrogen and oxygen atoms in total. The maximum atomic E-state index is 11.9. The Kier molecular flexibility index (Phi) is 6.66. The minimum Gasteiger partial charge on any atom is -0.476 e. The lowest BCUT2D eigenvalue weighted by molar-refractivity contribution is -0.159. The van der Waals surface area contributed by atoms with E-state index < -0.39 is 5.60 Å². The molecule has 0 aliphatic heterocycles. The number of unbranched alkanes of at least 4 members (excludes halogenated alkanes) is 1. The highest BCUT2D eigenvalue weighted by Gasteiger charge is 2.31. The largest absolute Gasteiger partial charge is 0.476 e. The maximum absolute atomic E-state index is 11.9. The summed E-state index contributed by atoms with van der Waals surface area (Å²) in [7, 11) is 0. The molecular weight excluding hydrogens is 332 g/mol. The molecule has 0 aliphatic rings. The molecule has 0 unspecified atom stereocenters. The van der Waals surface area contributed by atoms with E-state index in [0.29, 0.717) is 17.4 Å². The molecule has 106 valence electrons. The lowest BCUT2D eigenvalue weighted by Crippen LogP contribution is -2.39. The van der Waals surface area contributed by atoms with Gasteiger partial charge in [-0.1, -0.05) is 27.5 Å². The van der Waals surface area contributed by atoms with Crippen molar-refractivity contribution in [2.75, 3.05) is 11.9 Å². The Balaban J connectivity index is 2.49. The van der Waals surface area contributed by atoms with Crippen LogP contribution in [0.25, 0.3) is 0 Å². The van der Waals surface area contributed by atoms with Crippen molar-refractivity contribution in [3.8, 4) is 5.75 Å². The predicted molar refractivity (Wildman–Crippen MR) is 80.1 cm³/mol. The van der Waals surface area contributed by atoms with E-state index in [4.69, 9.17) is 21.1 Å². The number of carbonyl (C=O) groups is 1. The molecule has 1 aromatic carbocycles. The van der Waals surface area contributed by atoms with Crippen LogP contribution in [0.1, 0.15) is 26.7 Å². The molecular formula is C14H18BrClO3. The van der Waals surface area contributed by atoms with E-state index in [2.05, 4.69) is 15.9 Å². The van der Waals surface area contributed by atoms with Gasteiger partial charge in [0.2, 0.25) is 0 Å². The van der Waals surface area contributed by atoms with Gasteiger partial charge in [-0.05, 0) is 51.0 Å². The van der Waals surface area contributed by atoms with Crippen LogP contribution in [-0.2, 0) is 9.53 Å². The zero-order valence-electron chi connectivity index (χ0n) is 11.1. The summed E-state index contributed by atoms with van der Waals surface area (Å²) in [6, 6.07) is 6.88. The lowest BCUT2D eigenvalue weighted by Gasteiger charge is -2.24. The summed E-state index contributed by atoms with van der Waals surface area (Å²) >= 11 is 9.12. The average Bonchev–Trinajstić information content (AvgIpc) is 2.37. The Bertz CT molecular complexity index is 404. The summed E-state index contributed by atoms with van der Waals surface area (Å²) in [6.07, 6.45) is 1.82. The quantitative estimate of drug-likeness (QED) is 0.420. The SMILES string of the molecule is CC(C)(Oc1ccc(Cl)cc1)C(=O)OCCCCBr. The molecule has 0 heterocycles. The predicted octanol–water partition coefficient (Wildman–Crippen LogP) is 4.22. The van der Waals surface area contributed by atoms with E-state index in [0.717, 1.165) is 18.2 Å². The first-order chi connectivity index (χ1) is 8.95. The van der Waals surface area contributed by atoms with Gasteiger partial charge in [-0.2, -0.15) is 0 Å². The van der Waals surface area contributed by atoms with Crippen molar-refractivity contribution >= 4 is 33.5 Å². The Morgan fingerprint density at radius 1 is 1.26 bits per heavy atom. The number of rotatable bonds is 7. The van der Waals surface area contributed by atoms with Crippen LogP contribution in [0, 0.1) is 0 Å². The fourth-order valence-electron chi connectivity index (χ4n) is 1.37. The van der Waals surface area contributed by atoms with Crippen molar-refractivity contribution in [1.82, 2.24) is 0 Å². The van der Waals surface area contributed by atoms with Crippen molar-refractivity contribution in [3.05, 3.63) is 29.3 Å². The summed E-state index contributed by atoms with van der Waals surface area (Å²) in [4.78, 5) is 11.9. The summed E-state index contributed by atoms with van der Waals surface area (Å²) in [5.41, 5.74) is -1.01. The van der Waals surface area contributed by atoms with Crippen LogP contribution in [0.5, 0.6) is 5.75 Å². The zero-order chi connectivity index (χ0) is 14.3. The van der Waals surface area contributed by atoms with Gasteiger partial charge in [-0.25, -0.2) is 4.79 Å². The monoisotopic (exact) mass is 348 g/mol. The molecule has 0 aromatic heterocycles. The van der Waals surface area contributed by atoms with Crippen LogP contribution in [0.3, 0.4) is 0 Å². The Labute approximate surface area is 127 Å². The van der Waals surface area contributed by atoms with Gasteiger partial charge in [0.25, 0.3) is 0 Å². The molecule has 0 amide bonds. The third-order valence-electron chi connectivity index (χ3n) is 2.44. The standard InChI is InChI=1S/C14H18BrClO3/c1-14(2,13(17)18-10-4-3-9-15)19-12-7-5-11(16)6-8-12/h5-8H,3-4,9-10H2,1-2H3. The van der Waals surface area contributed by atoms with Crippen LogP contribution in [0.15, 0.2) is 24.3 Å². The van der Waals surface area contributed by atoms with Crippen molar-refractivity contribution in [2.24, 2.45) is 0 Å². The molecule has 5 heteroatoms. The number of hydrogen-bond acceptors (Lipinski definition) is 3. The number of alkyl halides is 1. The molecule has 0 bridgehead atoms. The topological polar surface area (TPSA) is 35.5 Å². The number of ether oxygens (including phenoxy) is 2. The normalized spacial score (nSPS) is 11.2. The van der Waals surface area contributed by atoms with E-state index in [1.54, 1.807) is 38.1 Å². The lowest BCUT2D eigenvalue weighted by atomic mass is 10.1. The molecule has 0 aliphatic carbocycles. The first-order valence-corrected chi connectivity index (χ1v) is 7.63. The number of benzene rings is 1. The highest BCUT2D eigenvalue weighted by atomic mass is 79.9. The van der Waals surface area contributed by atoms with Crippen molar-refractivity contribution in [3.63, 3.8) is 0 Å². The van der Waals surface area contributed by atoms with Gasteiger partial charge >= 0.3 is 5.97 Å². The van der Waals surface area contributed by atoms with E-state index in [1.165, 1.54) is 0 Å². The second-order valence-corrected chi connectivity index (χ2v) is 5.83. The van der Waals surface area contributed by atoms with Gasteiger partial charge in [0.15, 0.2) is 5.60 Å². The molecule has 0 N–H and O–H groups in total. The van der Waals surface area contributed by atoms with E-state index in [1.807, 2.05) is 0 Å². The number of hydrogen-bond donors (Lipinski definition) is 0. The first kappa shape index (κ1) is 16.3. The van der Waals surface area contributed by atoms with Crippen LogP contribution in [0.4, 0.5) is 0 Å². The molecule has 1 aromatic rings. The van der Waals surface area contributed by atoms with Crippen molar-refractivity contribution < 1.29 is 14.3 Å². The molecule has 19 heavy (non-hydrogen) atoms. The van der Waals surface area contributed by atoms with E-state index in [9.17, 15) is 4.79 Å². The highest BCUT2D eigenvalue weighted by Crippen LogP contribution is 2.21. The van der Waals surface area contributed by atoms with Gasteiger partial charge in [-0.15, -0.1) is 0 Å². The van der Waals surface area contributed by atoms with E-state index in [-0.39, 0.29) is 5.97 Å². The molecule has 1 rings (SSSR count). The summed E-state index contributed by atoms with van der Waals surface area (Å²) in [6.45, 7) is 3.79. The van der Waals surface area contributed by atoms with Crippen LogP contribution in [-0.4, -0.2) is 23.5 Å². The number of carbonyl (C=O) groups excluding carboxylic acids is 1. The fourth-order valence-corrected chi connectivity index (χ4v) is 1.90. The van der Waals surface area contributed by atoms with E-state index >= 15 is 0 Å². The molecule has 0 spiro atoms. The molecule has 0 fully saturated rings. The minimum absolute atomic E-state index is 0.364. The zero-order valence-corrected chi connectivity index (χ0v) is 13.5. The van der Waals surface area contributed by atoms with Gasteiger partial charge in [0.1, 0.15) is 5.75 Å². The van der Waals surface area contributed by atoms with Crippen LogP contribution in [0.2, 0.25) is 5.02 Å². The fraction of sp³-hybridized carbons (Fsp3) is 0.500. The van der Waals surface area contributed by atoms with Gasteiger partial charge in [0, 0.05) is 10.4 Å². The third kappa shape index (κ3) is 5.83. The maximum Gasteiger partial charge on any atom is 0.349 e. The van der Waals surface area contributed by atoms with Crippen LogP contribution < -0.4 is 4.74 Å². The molecule has 0 atom stereocenters. The number of halogens is 2. The van der Waals surface area contributed by atoms with Crippen LogP contribution >= 0.6 is 27.5 Å². The average molecular weight is 350 g/mol. The minimum atomic E-state index is -1.01. The third-order valence-corrected chi connectivity index (χ3v) is 3.25. The van der Waals surface area contributed by atoms with Gasteiger partial charge < -0.3 is 9.47 Å². The summed E-state index contributed by atoms with van der Waals surface area (Å²) < 4.78 is 10.8. The Hall–Kier alpha value is -0.740. The van der Waals surface area contributed by atoms with Crippen molar-refractivity contribution in [1.29, 1.82) is 0 Å². The smallest absolute Gasteiger partial charge is 0.349 e. The molecule has 0 saturated heterocycles. The molecule has 0 radical (unpaired) electrons. The highest BCUT2D eigenvalue weighted by molar-refractivity contribution is 9.09. The Morgan fingerprint density at radius 3 is 2.47 bits per heavy atom. The van der Waals surface area contributed by atoms with Crippen molar-refractivity contribution in [2.45, 2.75) is 32.3 Å². The second-order valence-electron chi connectivity index (χ2n) is 4.60. The van der Waals surface area contributed by atoms with Gasteiger partial charge in [-0.3, -0.25) is 0 Å². The van der Waals surface area contributed by atoms with Gasteiger partial charge in [0.05, 0.1) is 6.61 Å². The summed E-state index contributed by atoms with van der Waals surface area (Å²) in [5.74, 6) is 0.226. The second kappa shape index (κ2) is 7.75. The first-order valence-electron chi connectivity index (χ1n) is 6.13.